The average Bonchev–Trinajstić information content (AvgIpc) is 2.98. The molecule has 5 N–H and O–H groups in total. The minimum Gasteiger partial charge on any atom is -0.480 e. The molecule has 3 rings (SSSR count). The van der Waals surface area contributed by atoms with Gasteiger partial charge in [-0.15, -0.1) is 0 Å². The lowest BCUT2D eigenvalue weighted by molar-refractivity contribution is -0.138. The Hall–Kier alpha value is -3.26. The van der Waals surface area contributed by atoms with E-state index in [4.69, 9.17) is 10.8 Å². The highest BCUT2D eigenvalue weighted by molar-refractivity contribution is 6.11. The van der Waals surface area contributed by atoms with Crippen LogP contribution in [0.15, 0.2) is 42.5 Å². The molecule has 0 fully saturated rings. The number of halogens is 1. The van der Waals surface area contributed by atoms with E-state index in [-0.39, 0.29) is 12.1 Å². The third-order valence-electron chi connectivity index (χ3n) is 3.70. The number of benzene rings is 2. The number of anilines is 1. The summed E-state index contributed by atoms with van der Waals surface area (Å²) < 4.78 is 13.4. The first-order chi connectivity index (χ1) is 11.9. The van der Waals surface area contributed by atoms with Gasteiger partial charge in [-0.25, -0.2) is 4.39 Å². The molecule has 3 aromatic rings. The van der Waals surface area contributed by atoms with Crippen LogP contribution in [0.1, 0.15) is 16.1 Å². The van der Waals surface area contributed by atoms with Gasteiger partial charge in [0.25, 0.3) is 5.91 Å². The number of amides is 1. The van der Waals surface area contributed by atoms with Crippen molar-refractivity contribution in [2.45, 2.75) is 12.5 Å². The van der Waals surface area contributed by atoms with Crippen molar-refractivity contribution in [3.05, 3.63) is 59.5 Å². The standard InChI is InChI=1S/C17H15FN4O3/c18-10-4-5-14-12(8-10)15(22-21-14)16(23)20-11-3-1-2-9(6-11)7-13(19)17(24)25/h1-6,8,13H,7,19H2,(H,20,23)(H,21,22)(H,24,25). The Morgan fingerprint density at radius 3 is 2.84 bits per heavy atom. The predicted molar refractivity (Wildman–Crippen MR) is 89.8 cm³/mol. The molecule has 1 amide bonds. The fourth-order valence-corrected chi connectivity index (χ4v) is 2.47. The Kier molecular flexibility index (Phi) is 4.44. The zero-order chi connectivity index (χ0) is 18.0. The zero-order valence-corrected chi connectivity index (χ0v) is 13.0. The summed E-state index contributed by atoms with van der Waals surface area (Å²) in [5, 5.41) is 18.5. The molecule has 128 valence electrons. The number of carboxylic acids is 1. The number of hydrogen-bond acceptors (Lipinski definition) is 4. The summed E-state index contributed by atoms with van der Waals surface area (Å²) in [6, 6.07) is 9.68. The van der Waals surface area contributed by atoms with Crippen LogP contribution in [0.2, 0.25) is 0 Å². The molecule has 1 unspecified atom stereocenters. The van der Waals surface area contributed by atoms with Crippen LogP contribution < -0.4 is 11.1 Å². The third kappa shape index (κ3) is 3.64. The van der Waals surface area contributed by atoms with Crippen LogP contribution in [0.5, 0.6) is 0 Å². The highest BCUT2D eigenvalue weighted by Crippen LogP contribution is 2.19. The van der Waals surface area contributed by atoms with Gasteiger partial charge in [0, 0.05) is 11.1 Å². The zero-order valence-electron chi connectivity index (χ0n) is 13.0. The van der Waals surface area contributed by atoms with E-state index in [9.17, 15) is 14.0 Å². The molecule has 0 bridgehead atoms. The first-order valence-electron chi connectivity index (χ1n) is 7.46. The van der Waals surface area contributed by atoms with Gasteiger partial charge in [0.05, 0.1) is 5.52 Å². The number of carbonyl (C=O) groups excluding carboxylic acids is 1. The number of aromatic nitrogens is 2. The number of carbonyl (C=O) groups is 2. The van der Waals surface area contributed by atoms with Crippen molar-refractivity contribution in [2.24, 2.45) is 5.73 Å². The number of nitrogens with one attached hydrogen (secondary N) is 2. The maximum absolute atomic E-state index is 13.4. The van der Waals surface area contributed by atoms with E-state index in [0.717, 1.165) is 0 Å². The molecule has 0 radical (unpaired) electrons. The molecule has 1 aromatic heterocycles. The van der Waals surface area contributed by atoms with E-state index in [0.29, 0.717) is 22.2 Å². The molecule has 8 heteroatoms. The second kappa shape index (κ2) is 6.70. The summed E-state index contributed by atoms with van der Waals surface area (Å²) in [6.07, 6.45) is 0.135. The molecule has 1 heterocycles. The molecule has 2 aromatic carbocycles. The second-order valence-corrected chi connectivity index (χ2v) is 5.57. The fourth-order valence-electron chi connectivity index (χ4n) is 2.47. The van der Waals surface area contributed by atoms with Crippen LogP contribution in [-0.2, 0) is 11.2 Å². The maximum Gasteiger partial charge on any atom is 0.320 e. The molecule has 0 aliphatic heterocycles. The lowest BCUT2D eigenvalue weighted by Crippen LogP contribution is -2.32. The van der Waals surface area contributed by atoms with Crippen LogP contribution in [0.25, 0.3) is 10.9 Å². The Labute approximate surface area is 141 Å². The number of nitrogens with zero attached hydrogens (tertiary/aromatic N) is 1. The van der Waals surface area contributed by atoms with Crippen molar-refractivity contribution < 1.29 is 19.1 Å². The van der Waals surface area contributed by atoms with Gasteiger partial charge >= 0.3 is 5.97 Å². The van der Waals surface area contributed by atoms with E-state index in [2.05, 4.69) is 15.5 Å². The number of hydrogen-bond donors (Lipinski definition) is 4. The van der Waals surface area contributed by atoms with Crippen LogP contribution in [0, 0.1) is 5.82 Å². The number of carboxylic acid groups (broad SMARTS) is 1. The highest BCUT2D eigenvalue weighted by Gasteiger charge is 2.16. The van der Waals surface area contributed by atoms with E-state index in [1.807, 2.05) is 0 Å². The van der Waals surface area contributed by atoms with Gasteiger partial charge in [-0.1, -0.05) is 12.1 Å². The summed E-state index contributed by atoms with van der Waals surface area (Å²) in [5.41, 5.74) is 7.27. The van der Waals surface area contributed by atoms with E-state index in [1.54, 1.807) is 24.3 Å². The number of nitrogens with two attached hydrogens (primary N) is 1. The molecule has 0 saturated carbocycles. The number of aromatic amines is 1. The Morgan fingerprint density at radius 1 is 1.28 bits per heavy atom. The van der Waals surface area contributed by atoms with Crippen molar-refractivity contribution in [3.8, 4) is 0 Å². The van der Waals surface area contributed by atoms with Gasteiger partial charge in [-0.3, -0.25) is 14.7 Å². The average molecular weight is 342 g/mol. The molecular formula is C17H15FN4O3. The van der Waals surface area contributed by atoms with Crippen LogP contribution >= 0.6 is 0 Å². The van der Waals surface area contributed by atoms with Crippen molar-refractivity contribution in [2.75, 3.05) is 5.32 Å². The quantitative estimate of drug-likeness (QED) is 0.564. The van der Waals surface area contributed by atoms with E-state index >= 15 is 0 Å². The van der Waals surface area contributed by atoms with Crippen LogP contribution in [0.3, 0.4) is 0 Å². The fraction of sp³-hybridized carbons (Fsp3) is 0.118. The van der Waals surface area contributed by atoms with E-state index in [1.165, 1.54) is 18.2 Å². The van der Waals surface area contributed by atoms with Gasteiger partial charge in [0.15, 0.2) is 5.69 Å². The topological polar surface area (TPSA) is 121 Å². The summed E-state index contributed by atoms with van der Waals surface area (Å²) >= 11 is 0. The van der Waals surface area contributed by atoms with Crippen molar-refractivity contribution in [1.29, 1.82) is 0 Å². The number of fused-ring (bicyclic) bond motifs is 1. The third-order valence-corrected chi connectivity index (χ3v) is 3.70. The summed E-state index contributed by atoms with van der Waals surface area (Å²) in [7, 11) is 0. The van der Waals surface area contributed by atoms with Gasteiger partial charge < -0.3 is 16.2 Å². The number of rotatable bonds is 5. The summed E-state index contributed by atoms with van der Waals surface area (Å²) in [5.74, 6) is -2.07. The first kappa shape index (κ1) is 16.6. The molecule has 7 nitrogen and oxygen atoms in total. The molecular weight excluding hydrogens is 327 g/mol. The first-order valence-corrected chi connectivity index (χ1v) is 7.46. The predicted octanol–water partition coefficient (Wildman–Crippen LogP) is 1.91. The van der Waals surface area contributed by atoms with Crippen molar-refractivity contribution >= 4 is 28.5 Å². The van der Waals surface area contributed by atoms with Gasteiger partial charge in [0.2, 0.25) is 0 Å². The smallest absolute Gasteiger partial charge is 0.320 e. The van der Waals surface area contributed by atoms with E-state index < -0.39 is 23.7 Å². The lowest BCUT2D eigenvalue weighted by Gasteiger charge is -2.09. The SMILES string of the molecule is NC(Cc1cccc(NC(=O)c2n[nH]c3ccc(F)cc23)c1)C(=O)O. The molecule has 0 saturated heterocycles. The summed E-state index contributed by atoms with van der Waals surface area (Å²) in [6.45, 7) is 0. The minimum absolute atomic E-state index is 0.0714. The normalized spacial score (nSPS) is 12.1. The maximum atomic E-state index is 13.4. The van der Waals surface area contributed by atoms with Crippen molar-refractivity contribution in [3.63, 3.8) is 0 Å². The van der Waals surface area contributed by atoms with Crippen molar-refractivity contribution in [1.82, 2.24) is 10.2 Å². The Morgan fingerprint density at radius 2 is 2.08 bits per heavy atom. The summed E-state index contributed by atoms with van der Waals surface area (Å²) in [4.78, 5) is 23.2. The van der Waals surface area contributed by atoms with Gasteiger partial charge in [-0.2, -0.15) is 5.10 Å². The van der Waals surface area contributed by atoms with Gasteiger partial charge in [0.1, 0.15) is 11.9 Å². The largest absolute Gasteiger partial charge is 0.480 e. The number of aliphatic carboxylic acids is 1. The molecule has 1 atom stereocenters. The second-order valence-electron chi connectivity index (χ2n) is 5.57. The minimum atomic E-state index is -1.10. The molecule has 0 aliphatic carbocycles. The van der Waals surface area contributed by atoms with Crippen LogP contribution in [0.4, 0.5) is 10.1 Å². The van der Waals surface area contributed by atoms with Crippen LogP contribution in [-0.4, -0.2) is 33.2 Å². The molecule has 0 aliphatic rings. The molecule has 0 spiro atoms. The lowest BCUT2D eigenvalue weighted by atomic mass is 10.1. The monoisotopic (exact) mass is 342 g/mol. The Bertz CT molecular complexity index is 954. The van der Waals surface area contributed by atoms with Gasteiger partial charge in [-0.05, 0) is 42.3 Å². The number of H-pyrrole nitrogens is 1. The Balaban J connectivity index is 1.80. The molecule has 25 heavy (non-hydrogen) atoms. The highest BCUT2D eigenvalue weighted by atomic mass is 19.1.